The Bertz CT molecular complexity index is 1240. The lowest BCUT2D eigenvalue weighted by molar-refractivity contribution is -0.151. The molecule has 0 aliphatic carbocycles. The van der Waals surface area contributed by atoms with Gasteiger partial charge in [0.25, 0.3) is 0 Å². The van der Waals surface area contributed by atoms with Crippen molar-refractivity contribution in [3.05, 3.63) is 95.6 Å². The predicted octanol–water partition coefficient (Wildman–Crippen LogP) is 3.97. The molecule has 4 atom stereocenters. The van der Waals surface area contributed by atoms with Gasteiger partial charge in [0.15, 0.2) is 5.78 Å². The highest BCUT2D eigenvalue weighted by Gasteiger charge is 2.57. The first-order valence-corrected chi connectivity index (χ1v) is 11.8. The first-order chi connectivity index (χ1) is 17.9. The number of aliphatic carboxylic acids is 1. The molecule has 1 amide bonds. The molecular weight excluding hydrogens is 474 g/mol. The number of rotatable bonds is 9. The quantitative estimate of drug-likeness (QED) is 0.441. The molecule has 3 aromatic rings. The molecule has 1 heterocycles. The van der Waals surface area contributed by atoms with Gasteiger partial charge in [-0.3, -0.25) is 9.59 Å². The maximum absolute atomic E-state index is 14.2. The Morgan fingerprint density at radius 1 is 0.784 bits per heavy atom. The number of likely N-dealkylation sites (tertiary alicyclic amines) is 1. The molecule has 37 heavy (non-hydrogen) atoms. The lowest BCUT2D eigenvalue weighted by atomic mass is 9.76. The van der Waals surface area contributed by atoms with Gasteiger partial charge in [0, 0.05) is 18.6 Å². The fraction of sp³-hybridized carbons (Fsp3) is 0.276. The molecule has 0 saturated carbocycles. The van der Waals surface area contributed by atoms with E-state index in [0.717, 1.165) is 0 Å². The van der Waals surface area contributed by atoms with Crippen LogP contribution in [0.15, 0.2) is 78.9 Å². The van der Waals surface area contributed by atoms with Gasteiger partial charge in [0.05, 0.1) is 26.2 Å². The van der Waals surface area contributed by atoms with E-state index in [1.807, 2.05) is 6.07 Å². The van der Waals surface area contributed by atoms with E-state index in [1.165, 1.54) is 19.1 Å². The van der Waals surface area contributed by atoms with Gasteiger partial charge >= 0.3 is 5.97 Å². The Morgan fingerprint density at radius 3 is 1.86 bits per heavy atom. The van der Waals surface area contributed by atoms with Crippen LogP contribution in [0.5, 0.6) is 11.5 Å². The molecule has 1 N–H and O–H groups in total. The maximum atomic E-state index is 14.2. The van der Waals surface area contributed by atoms with Crippen molar-refractivity contribution in [3.8, 4) is 11.5 Å². The van der Waals surface area contributed by atoms with Gasteiger partial charge in [0.2, 0.25) is 5.91 Å². The number of carboxylic acid groups (broad SMARTS) is 1. The van der Waals surface area contributed by atoms with Gasteiger partial charge in [-0.25, -0.2) is 4.79 Å². The van der Waals surface area contributed by atoms with Crippen LogP contribution in [0.3, 0.4) is 0 Å². The number of ether oxygens (including phenoxy) is 3. The average molecular weight is 504 g/mol. The van der Waals surface area contributed by atoms with Crippen molar-refractivity contribution in [1.29, 1.82) is 0 Å². The van der Waals surface area contributed by atoms with E-state index in [1.54, 1.807) is 79.9 Å². The summed E-state index contributed by atoms with van der Waals surface area (Å²) in [5.41, 5.74) is 1.69. The summed E-state index contributed by atoms with van der Waals surface area (Å²) < 4.78 is 15.6. The Kier molecular flexibility index (Phi) is 7.89. The Balaban J connectivity index is 1.95. The molecule has 1 aliphatic rings. The van der Waals surface area contributed by atoms with Crippen molar-refractivity contribution in [1.82, 2.24) is 4.90 Å². The molecule has 0 radical (unpaired) electrons. The van der Waals surface area contributed by atoms with Crippen LogP contribution in [-0.2, 0) is 14.3 Å². The number of hydrogen-bond acceptors (Lipinski definition) is 6. The number of amides is 1. The second-order valence-corrected chi connectivity index (χ2v) is 8.79. The van der Waals surface area contributed by atoms with Gasteiger partial charge < -0.3 is 24.2 Å². The molecule has 8 heteroatoms. The summed E-state index contributed by atoms with van der Waals surface area (Å²) in [4.78, 5) is 41.7. The zero-order chi connectivity index (χ0) is 26.5. The van der Waals surface area contributed by atoms with Crippen molar-refractivity contribution in [2.45, 2.75) is 18.0 Å². The minimum absolute atomic E-state index is 0.267. The lowest BCUT2D eigenvalue weighted by Crippen LogP contribution is -2.45. The molecule has 0 bridgehead atoms. The summed E-state index contributed by atoms with van der Waals surface area (Å²) in [6.07, 6.45) is 0. The summed E-state index contributed by atoms with van der Waals surface area (Å²) in [5, 5.41) is 10.4. The number of nitrogens with zero attached hydrogens (tertiary/aromatic N) is 1. The van der Waals surface area contributed by atoms with E-state index in [2.05, 4.69) is 0 Å². The third kappa shape index (κ3) is 5.06. The van der Waals surface area contributed by atoms with Crippen molar-refractivity contribution in [3.63, 3.8) is 0 Å². The first-order valence-electron chi connectivity index (χ1n) is 11.8. The zero-order valence-corrected chi connectivity index (χ0v) is 20.9. The highest BCUT2D eigenvalue weighted by atomic mass is 16.5. The molecule has 1 fully saturated rings. The summed E-state index contributed by atoms with van der Waals surface area (Å²) >= 11 is 0. The average Bonchev–Trinajstić information content (AvgIpc) is 3.30. The summed E-state index contributed by atoms with van der Waals surface area (Å²) in [7, 11) is 4.46. The zero-order valence-electron chi connectivity index (χ0n) is 20.9. The van der Waals surface area contributed by atoms with Crippen molar-refractivity contribution >= 4 is 17.7 Å². The van der Waals surface area contributed by atoms with Crippen LogP contribution in [0, 0.1) is 5.92 Å². The van der Waals surface area contributed by atoms with Gasteiger partial charge in [-0.15, -0.1) is 0 Å². The number of benzene rings is 3. The Morgan fingerprint density at radius 2 is 1.35 bits per heavy atom. The normalized spacial score (nSPS) is 20.9. The largest absolute Gasteiger partial charge is 0.497 e. The van der Waals surface area contributed by atoms with Gasteiger partial charge in [-0.05, 0) is 47.5 Å². The van der Waals surface area contributed by atoms with Crippen LogP contribution < -0.4 is 9.47 Å². The van der Waals surface area contributed by atoms with E-state index in [-0.39, 0.29) is 12.4 Å². The minimum Gasteiger partial charge on any atom is -0.497 e. The summed E-state index contributed by atoms with van der Waals surface area (Å²) in [5.74, 6) is -2.47. The van der Waals surface area contributed by atoms with E-state index in [4.69, 9.17) is 14.2 Å². The highest BCUT2D eigenvalue weighted by Crippen LogP contribution is 2.51. The smallest absolute Gasteiger partial charge is 0.327 e. The molecule has 4 rings (SSSR count). The number of Topliss-reactive ketones (excluding diaryl/α,β-unsaturated/α-hetero) is 1. The second kappa shape index (κ2) is 11.3. The first kappa shape index (κ1) is 25.9. The molecule has 8 nitrogen and oxygen atoms in total. The number of carbonyl (C=O) groups excluding carboxylic acids is 2. The molecule has 3 aromatic carbocycles. The van der Waals surface area contributed by atoms with Gasteiger partial charge in [-0.2, -0.15) is 0 Å². The van der Waals surface area contributed by atoms with Gasteiger partial charge in [0.1, 0.15) is 24.1 Å². The molecule has 0 spiro atoms. The standard InChI is InChI=1S/C29H29NO7/c1-35-17-23(31)30-26(19-9-13-21(36-2)14-10-19)25(28(32)20-11-15-22(37-3)16-12-20)24(27(30)29(33)34)18-7-5-4-6-8-18/h4-16,24-27H,17H2,1-3H3,(H,33,34). The predicted molar refractivity (Wildman–Crippen MR) is 136 cm³/mol. The molecule has 4 unspecified atom stereocenters. The van der Waals surface area contributed by atoms with Crippen LogP contribution in [-0.4, -0.2) is 61.6 Å². The lowest BCUT2D eigenvalue weighted by Gasteiger charge is -2.30. The molecule has 1 saturated heterocycles. The van der Waals surface area contributed by atoms with Crippen LogP contribution in [0.4, 0.5) is 0 Å². The second-order valence-electron chi connectivity index (χ2n) is 8.79. The van der Waals surface area contributed by atoms with Gasteiger partial charge in [-0.1, -0.05) is 42.5 Å². The third-order valence-electron chi connectivity index (χ3n) is 6.79. The molecule has 192 valence electrons. The van der Waals surface area contributed by atoms with E-state index >= 15 is 0 Å². The fourth-order valence-electron chi connectivity index (χ4n) is 5.18. The number of carboxylic acids is 1. The third-order valence-corrected chi connectivity index (χ3v) is 6.79. The van der Waals surface area contributed by atoms with Crippen molar-refractivity contribution in [2.24, 2.45) is 5.92 Å². The fourth-order valence-corrected chi connectivity index (χ4v) is 5.18. The van der Waals surface area contributed by atoms with Crippen LogP contribution in [0.25, 0.3) is 0 Å². The Hall–Kier alpha value is -4.17. The number of hydrogen-bond donors (Lipinski definition) is 1. The van der Waals surface area contributed by atoms with E-state index in [9.17, 15) is 19.5 Å². The van der Waals surface area contributed by atoms with Crippen LogP contribution in [0.2, 0.25) is 0 Å². The SMILES string of the molecule is COCC(=O)N1C(C(=O)O)C(c2ccccc2)C(C(=O)c2ccc(OC)cc2)C1c1ccc(OC)cc1. The number of carbonyl (C=O) groups is 3. The molecular formula is C29H29NO7. The van der Waals surface area contributed by atoms with E-state index in [0.29, 0.717) is 28.2 Å². The van der Waals surface area contributed by atoms with Crippen LogP contribution in [0.1, 0.15) is 33.4 Å². The number of methoxy groups -OCH3 is 3. The van der Waals surface area contributed by atoms with Crippen molar-refractivity contribution < 1.29 is 33.7 Å². The number of ketones is 1. The monoisotopic (exact) mass is 503 g/mol. The highest BCUT2D eigenvalue weighted by molar-refractivity contribution is 6.01. The summed E-state index contributed by atoms with van der Waals surface area (Å²) in [6.45, 7) is -0.318. The maximum Gasteiger partial charge on any atom is 0.327 e. The van der Waals surface area contributed by atoms with Crippen LogP contribution >= 0.6 is 0 Å². The molecule has 0 aromatic heterocycles. The minimum atomic E-state index is -1.29. The topological polar surface area (TPSA) is 102 Å². The van der Waals surface area contributed by atoms with E-state index < -0.39 is 35.8 Å². The van der Waals surface area contributed by atoms with Crippen molar-refractivity contribution in [2.75, 3.05) is 27.9 Å². The summed E-state index contributed by atoms with van der Waals surface area (Å²) in [6, 6.07) is 20.5. The Labute approximate surface area is 215 Å². The molecule has 1 aliphatic heterocycles.